The number of hydrogen-bond donors (Lipinski definition) is 0. The predicted molar refractivity (Wildman–Crippen MR) is 105 cm³/mol. The van der Waals surface area contributed by atoms with E-state index in [1.807, 2.05) is 30.3 Å². The van der Waals surface area contributed by atoms with E-state index in [1.54, 1.807) is 0 Å². The van der Waals surface area contributed by atoms with Crippen molar-refractivity contribution in [3.05, 3.63) is 43.3 Å². The van der Waals surface area contributed by atoms with Crippen molar-refractivity contribution in [2.75, 3.05) is 0 Å². The third kappa shape index (κ3) is 25.2. The summed E-state index contributed by atoms with van der Waals surface area (Å²) < 4.78 is 0. The van der Waals surface area contributed by atoms with E-state index < -0.39 is 0 Å². The molecule has 0 N–H and O–H groups in total. The van der Waals surface area contributed by atoms with Gasteiger partial charge in [-0.3, -0.25) is 0 Å². The maximum atomic E-state index is 3.86. The third-order valence-electron chi connectivity index (χ3n) is 3.46. The Bertz CT molecular complexity index is 212. The van der Waals surface area contributed by atoms with Crippen molar-refractivity contribution in [1.82, 2.24) is 0 Å². The molecule has 0 amide bonds. The van der Waals surface area contributed by atoms with Gasteiger partial charge in [-0.25, -0.2) is 0 Å². The summed E-state index contributed by atoms with van der Waals surface area (Å²) in [5, 5.41) is 0. The van der Waals surface area contributed by atoms with E-state index in [9.17, 15) is 0 Å². The average molecular weight is 335 g/mol. The van der Waals surface area contributed by atoms with E-state index >= 15 is 0 Å². The van der Waals surface area contributed by atoms with Gasteiger partial charge >= 0.3 is 23.1 Å². The Labute approximate surface area is 162 Å². The third-order valence-corrected chi connectivity index (χ3v) is 3.46. The van der Waals surface area contributed by atoms with Crippen LogP contribution in [0.4, 0.5) is 0 Å². The first-order valence-corrected chi connectivity index (χ1v) is 8.62. The van der Waals surface area contributed by atoms with Gasteiger partial charge in [-0.1, -0.05) is 77.6 Å². The largest absolute Gasteiger partial charge is 2.00 e. The fourth-order valence-corrected chi connectivity index (χ4v) is 2.18. The van der Waals surface area contributed by atoms with Crippen molar-refractivity contribution in [2.45, 2.75) is 84.0 Å². The molecule has 1 rings (SSSR count). The molecule has 0 aromatic heterocycles. The van der Waals surface area contributed by atoms with Gasteiger partial charge in [0.1, 0.15) is 0 Å². The summed E-state index contributed by atoms with van der Waals surface area (Å²) in [5.74, 6) is 0. The second-order valence-corrected chi connectivity index (χ2v) is 5.47. The Kier molecular flexibility index (Phi) is 32.3. The normalized spacial score (nSPS) is 9.00. The molecule has 124 valence electrons. The van der Waals surface area contributed by atoms with Gasteiger partial charge in [-0.2, -0.15) is 42.8 Å². The first-order valence-electron chi connectivity index (χ1n) is 8.62. The zero-order valence-electron chi connectivity index (χ0n) is 14.7. The first-order chi connectivity index (χ1) is 9.91. The summed E-state index contributed by atoms with van der Waals surface area (Å²) in [6.45, 7) is 6.14. The van der Waals surface area contributed by atoms with Crippen molar-refractivity contribution in [2.24, 2.45) is 0 Å². The van der Waals surface area contributed by atoms with Gasteiger partial charge in [0.2, 0.25) is 0 Å². The molecular weight excluding hydrogens is 300 g/mol. The van der Waals surface area contributed by atoms with Crippen LogP contribution >= 0.6 is 12.4 Å². The molecule has 0 saturated carbocycles. The molecule has 0 heterocycles. The molecule has 0 radical (unpaired) electrons. The van der Waals surface area contributed by atoms with E-state index in [1.165, 1.54) is 70.6 Å². The van der Waals surface area contributed by atoms with Gasteiger partial charge in [0.25, 0.3) is 0 Å². The van der Waals surface area contributed by atoms with Gasteiger partial charge in [-0.15, -0.1) is 12.4 Å². The smallest absolute Gasteiger partial charge is 0.343 e. The van der Waals surface area contributed by atoms with Crippen LogP contribution < -0.4 is 0 Å². The molecule has 0 aliphatic carbocycles. The van der Waals surface area contributed by atoms with Crippen LogP contribution in [-0.2, 0) is 0 Å². The molecule has 1 aromatic carbocycles. The van der Waals surface area contributed by atoms with Crippen molar-refractivity contribution >= 4 is 35.5 Å². The average Bonchev–Trinajstić information content (AvgIpc) is 2.52. The van der Waals surface area contributed by atoms with Crippen LogP contribution in [0.25, 0.3) is 0 Å². The molecule has 0 aliphatic heterocycles. The number of unbranched alkanes of at least 4 members (excludes halogenated alkanes) is 11. The van der Waals surface area contributed by atoms with Gasteiger partial charge in [0, 0.05) is 0 Å². The monoisotopic (exact) mass is 334 g/mol. The summed E-state index contributed by atoms with van der Waals surface area (Å²) in [6, 6.07) is 12.5. The first kappa shape index (κ1) is 27.1. The summed E-state index contributed by atoms with van der Waals surface area (Å²) >= 11 is 0. The van der Waals surface area contributed by atoms with Gasteiger partial charge < -0.3 is 6.92 Å². The maximum absolute atomic E-state index is 3.86. The fraction of sp³-hybridized carbons (Fsp3) is 0.650. The predicted octanol–water partition coefficient (Wildman–Crippen LogP) is 7.05. The van der Waals surface area contributed by atoms with E-state index in [-0.39, 0.29) is 35.5 Å². The summed E-state index contributed by atoms with van der Waals surface area (Å²) in [6.07, 6.45) is 16.9. The molecule has 1 aromatic rings. The van der Waals surface area contributed by atoms with E-state index in [4.69, 9.17) is 0 Å². The minimum absolute atomic E-state index is 0. The zero-order chi connectivity index (χ0) is 14.7. The fourth-order valence-electron chi connectivity index (χ4n) is 2.18. The standard InChI is InChI=1S/C14H29.C6H5.ClH.Mg/c1-3-5-7-9-11-13-14-12-10-8-6-4-2;1-2-4-6-5-3-1;;/h1,3-14H2,2H3;1-5H;1H;/q2*-1;;+2. The van der Waals surface area contributed by atoms with Crippen LogP contribution in [0.1, 0.15) is 84.0 Å². The second-order valence-electron chi connectivity index (χ2n) is 5.47. The Morgan fingerprint density at radius 1 is 0.682 bits per heavy atom. The molecule has 0 fully saturated rings. The van der Waals surface area contributed by atoms with Crippen LogP contribution in [0.3, 0.4) is 0 Å². The van der Waals surface area contributed by atoms with Crippen LogP contribution in [0.15, 0.2) is 30.3 Å². The molecule has 0 nitrogen and oxygen atoms in total. The van der Waals surface area contributed by atoms with Gasteiger partial charge in [0.05, 0.1) is 0 Å². The summed E-state index contributed by atoms with van der Waals surface area (Å²) in [5.41, 5.74) is 0. The second kappa shape index (κ2) is 26.2. The van der Waals surface area contributed by atoms with Gasteiger partial charge in [-0.05, 0) is 0 Å². The minimum atomic E-state index is 0. The molecule has 0 unspecified atom stereocenters. The SMILES string of the molecule is Cl.[CH2-]CCCCCCCCCCCCC.[Mg+2].[c-]1ccccc1. The molecule has 2 heteroatoms. The number of benzene rings is 1. The van der Waals surface area contributed by atoms with E-state index in [0.717, 1.165) is 6.42 Å². The Hall–Kier alpha value is 0.276. The minimum Gasteiger partial charge on any atom is -0.343 e. The van der Waals surface area contributed by atoms with Crippen LogP contribution in [-0.4, -0.2) is 23.1 Å². The molecular formula is C20H35ClMg. The zero-order valence-corrected chi connectivity index (χ0v) is 16.9. The Balaban J connectivity index is -0.000000380. The van der Waals surface area contributed by atoms with Gasteiger partial charge in [0.15, 0.2) is 0 Å². The number of halogens is 1. The molecule has 0 saturated heterocycles. The van der Waals surface area contributed by atoms with Crippen molar-refractivity contribution in [1.29, 1.82) is 0 Å². The van der Waals surface area contributed by atoms with Crippen LogP contribution in [0.2, 0.25) is 0 Å². The molecule has 0 aliphatic rings. The van der Waals surface area contributed by atoms with Crippen LogP contribution in [0.5, 0.6) is 0 Å². The maximum Gasteiger partial charge on any atom is 2.00 e. The summed E-state index contributed by atoms with van der Waals surface area (Å²) in [7, 11) is 0. The van der Waals surface area contributed by atoms with Crippen LogP contribution in [0, 0.1) is 13.0 Å². The van der Waals surface area contributed by atoms with Crippen molar-refractivity contribution in [3.63, 3.8) is 0 Å². The number of rotatable bonds is 11. The molecule has 0 bridgehead atoms. The van der Waals surface area contributed by atoms with Crippen molar-refractivity contribution in [3.8, 4) is 0 Å². The topological polar surface area (TPSA) is 0 Å². The van der Waals surface area contributed by atoms with E-state index in [2.05, 4.69) is 19.9 Å². The number of hydrogen-bond acceptors (Lipinski definition) is 0. The Morgan fingerprint density at radius 3 is 1.36 bits per heavy atom. The van der Waals surface area contributed by atoms with E-state index in [0.29, 0.717) is 0 Å². The quantitative estimate of drug-likeness (QED) is 0.231. The summed E-state index contributed by atoms with van der Waals surface area (Å²) in [4.78, 5) is 0. The molecule has 0 atom stereocenters. The molecule has 22 heavy (non-hydrogen) atoms. The van der Waals surface area contributed by atoms with Crippen molar-refractivity contribution < 1.29 is 0 Å². The Morgan fingerprint density at radius 2 is 1.09 bits per heavy atom. The molecule has 0 spiro atoms.